The van der Waals surface area contributed by atoms with Gasteiger partial charge in [-0.05, 0) is 49.4 Å². The molecule has 13 heteroatoms. The standard InChI is InChI=1S/C26H20F6N4O2S/c1-2-38-21-10-8-20(9-11-21)36-23(16-6-4-3-5-7-16)34-35-24(36)39-15-22(37)33-19-13-17(25(27,28)29)12-18(14-19)26(30,31)32/h3-14H,2,15H2,1H3,(H,33,37). The highest BCUT2D eigenvalue weighted by molar-refractivity contribution is 7.99. The van der Waals surface area contributed by atoms with Crippen molar-refractivity contribution < 1.29 is 35.9 Å². The van der Waals surface area contributed by atoms with Crippen molar-refractivity contribution in [3.63, 3.8) is 0 Å². The van der Waals surface area contributed by atoms with Gasteiger partial charge in [0.1, 0.15) is 5.75 Å². The zero-order chi connectivity index (χ0) is 28.2. The summed E-state index contributed by atoms with van der Waals surface area (Å²) in [6.07, 6.45) is -10.1. The summed E-state index contributed by atoms with van der Waals surface area (Å²) >= 11 is 0.920. The zero-order valence-electron chi connectivity index (χ0n) is 20.2. The van der Waals surface area contributed by atoms with E-state index in [1.54, 1.807) is 28.8 Å². The van der Waals surface area contributed by atoms with E-state index in [4.69, 9.17) is 4.74 Å². The number of aromatic nitrogens is 3. The molecule has 1 heterocycles. The van der Waals surface area contributed by atoms with Crippen LogP contribution in [0.4, 0.5) is 32.0 Å². The highest BCUT2D eigenvalue weighted by atomic mass is 32.2. The summed E-state index contributed by atoms with van der Waals surface area (Å²) in [5, 5.41) is 10.8. The van der Waals surface area contributed by atoms with E-state index in [1.165, 1.54) is 0 Å². The van der Waals surface area contributed by atoms with Gasteiger partial charge in [-0.1, -0.05) is 42.1 Å². The van der Waals surface area contributed by atoms with Crippen molar-refractivity contribution in [3.8, 4) is 22.8 Å². The molecule has 0 atom stereocenters. The lowest BCUT2D eigenvalue weighted by atomic mass is 10.1. The third-order valence-electron chi connectivity index (χ3n) is 5.28. The van der Waals surface area contributed by atoms with Crippen LogP contribution in [0.3, 0.4) is 0 Å². The van der Waals surface area contributed by atoms with Crippen LogP contribution in [0.1, 0.15) is 18.1 Å². The van der Waals surface area contributed by atoms with Crippen LogP contribution < -0.4 is 10.1 Å². The lowest BCUT2D eigenvalue weighted by molar-refractivity contribution is -0.143. The number of nitrogens with zero attached hydrogens (tertiary/aromatic N) is 3. The fraction of sp³-hybridized carbons (Fsp3) is 0.192. The molecule has 0 fully saturated rings. The Labute approximate surface area is 223 Å². The molecule has 204 valence electrons. The van der Waals surface area contributed by atoms with Crippen molar-refractivity contribution in [2.45, 2.75) is 24.4 Å². The van der Waals surface area contributed by atoms with Crippen LogP contribution in [0.2, 0.25) is 0 Å². The number of thioether (sulfide) groups is 1. The van der Waals surface area contributed by atoms with E-state index in [2.05, 4.69) is 15.5 Å². The van der Waals surface area contributed by atoms with Gasteiger partial charge in [0.2, 0.25) is 5.91 Å². The minimum absolute atomic E-state index is 0.00514. The average Bonchev–Trinajstić information content (AvgIpc) is 3.31. The quantitative estimate of drug-likeness (QED) is 0.182. The van der Waals surface area contributed by atoms with E-state index in [-0.39, 0.29) is 17.0 Å². The Morgan fingerprint density at radius 3 is 2.08 bits per heavy atom. The van der Waals surface area contributed by atoms with E-state index >= 15 is 0 Å². The number of alkyl halides is 6. The number of anilines is 1. The predicted molar refractivity (Wildman–Crippen MR) is 134 cm³/mol. The van der Waals surface area contributed by atoms with Crippen molar-refractivity contribution in [2.24, 2.45) is 0 Å². The largest absolute Gasteiger partial charge is 0.494 e. The first-order valence-corrected chi connectivity index (χ1v) is 12.4. The van der Waals surface area contributed by atoms with Gasteiger partial charge in [0, 0.05) is 16.9 Å². The van der Waals surface area contributed by atoms with Gasteiger partial charge in [-0.15, -0.1) is 10.2 Å². The third kappa shape index (κ3) is 6.91. The van der Waals surface area contributed by atoms with Crippen molar-refractivity contribution in [3.05, 3.63) is 83.9 Å². The topological polar surface area (TPSA) is 69.0 Å². The number of halogens is 6. The number of hydrogen-bond donors (Lipinski definition) is 1. The molecule has 3 aromatic carbocycles. The Morgan fingerprint density at radius 2 is 1.51 bits per heavy atom. The van der Waals surface area contributed by atoms with E-state index in [0.29, 0.717) is 36.0 Å². The second-order valence-electron chi connectivity index (χ2n) is 8.07. The molecule has 0 saturated carbocycles. The van der Waals surface area contributed by atoms with Gasteiger partial charge in [0.15, 0.2) is 11.0 Å². The molecule has 1 N–H and O–H groups in total. The van der Waals surface area contributed by atoms with Gasteiger partial charge in [-0.3, -0.25) is 9.36 Å². The highest BCUT2D eigenvalue weighted by Gasteiger charge is 2.37. The number of carbonyl (C=O) groups is 1. The summed E-state index contributed by atoms with van der Waals surface area (Å²) in [4.78, 5) is 12.6. The molecule has 4 aromatic rings. The number of benzene rings is 3. The lowest BCUT2D eigenvalue weighted by Gasteiger charge is -2.15. The van der Waals surface area contributed by atoms with Gasteiger partial charge in [0.05, 0.1) is 23.5 Å². The van der Waals surface area contributed by atoms with Crippen LogP contribution in [0.5, 0.6) is 5.75 Å². The van der Waals surface area contributed by atoms with Crippen LogP contribution >= 0.6 is 11.8 Å². The maximum atomic E-state index is 13.1. The molecule has 0 radical (unpaired) electrons. The molecule has 4 rings (SSSR count). The Balaban J connectivity index is 1.59. The first-order valence-electron chi connectivity index (χ1n) is 11.4. The SMILES string of the molecule is CCOc1ccc(-n2c(SCC(=O)Nc3cc(C(F)(F)F)cc(C(F)(F)F)c3)nnc2-c2ccccc2)cc1. The molecule has 0 aliphatic carbocycles. The number of ether oxygens (including phenoxy) is 1. The van der Waals surface area contributed by atoms with Gasteiger partial charge >= 0.3 is 12.4 Å². The second-order valence-corrected chi connectivity index (χ2v) is 9.01. The Morgan fingerprint density at radius 1 is 0.897 bits per heavy atom. The number of hydrogen-bond acceptors (Lipinski definition) is 5. The molecule has 0 saturated heterocycles. The molecular weight excluding hydrogens is 546 g/mol. The minimum atomic E-state index is -5.03. The third-order valence-corrected chi connectivity index (χ3v) is 6.20. The molecule has 39 heavy (non-hydrogen) atoms. The molecule has 0 unspecified atom stereocenters. The molecule has 0 aliphatic rings. The minimum Gasteiger partial charge on any atom is -0.494 e. The van der Waals surface area contributed by atoms with Gasteiger partial charge in [-0.25, -0.2) is 0 Å². The number of nitrogens with one attached hydrogen (secondary N) is 1. The molecule has 1 amide bonds. The van der Waals surface area contributed by atoms with E-state index in [9.17, 15) is 31.1 Å². The molecular formula is C26H20F6N4O2S. The summed E-state index contributed by atoms with van der Waals surface area (Å²) in [7, 11) is 0. The van der Waals surface area contributed by atoms with Gasteiger partial charge < -0.3 is 10.1 Å². The van der Waals surface area contributed by atoms with E-state index < -0.39 is 35.1 Å². The zero-order valence-corrected chi connectivity index (χ0v) is 21.0. The first kappa shape index (κ1) is 28.0. The second kappa shape index (κ2) is 11.4. The average molecular weight is 567 g/mol. The summed E-state index contributed by atoms with van der Waals surface area (Å²) in [6.45, 7) is 2.33. The van der Waals surface area contributed by atoms with Crippen LogP contribution in [0.15, 0.2) is 78.0 Å². The van der Waals surface area contributed by atoms with Crippen molar-refractivity contribution in [2.75, 3.05) is 17.7 Å². The fourth-order valence-corrected chi connectivity index (χ4v) is 4.33. The van der Waals surface area contributed by atoms with Gasteiger partial charge in [-0.2, -0.15) is 26.3 Å². The van der Waals surface area contributed by atoms with E-state index in [0.717, 1.165) is 17.3 Å². The first-order chi connectivity index (χ1) is 18.5. The monoisotopic (exact) mass is 566 g/mol. The van der Waals surface area contributed by atoms with Crippen LogP contribution in [0, 0.1) is 0 Å². The normalized spacial score (nSPS) is 11.9. The fourth-order valence-electron chi connectivity index (χ4n) is 3.58. The summed E-state index contributed by atoms with van der Waals surface area (Å²) in [5.74, 6) is -0.0736. The molecule has 1 aromatic heterocycles. The lowest BCUT2D eigenvalue weighted by Crippen LogP contribution is -2.17. The maximum absolute atomic E-state index is 13.1. The number of amides is 1. The molecule has 0 aliphatic heterocycles. The Bertz CT molecular complexity index is 1410. The van der Waals surface area contributed by atoms with Crippen LogP contribution in [0.25, 0.3) is 17.1 Å². The van der Waals surface area contributed by atoms with Crippen molar-refractivity contribution in [1.82, 2.24) is 14.8 Å². The van der Waals surface area contributed by atoms with Crippen molar-refractivity contribution >= 4 is 23.4 Å². The summed E-state index contributed by atoms with van der Waals surface area (Å²) in [5.41, 5.74) is -2.29. The highest BCUT2D eigenvalue weighted by Crippen LogP contribution is 2.37. The van der Waals surface area contributed by atoms with Crippen LogP contribution in [-0.2, 0) is 17.1 Å². The maximum Gasteiger partial charge on any atom is 0.416 e. The molecule has 6 nitrogen and oxygen atoms in total. The number of rotatable bonds is 8. The Kier molecular flexibility index (Phi) is 8.19. The summed E-state index contributed by atoms with van der Waals surface area (Å²) < 4.78 is 86.1. The van der Waals surface area contributed by atoms with Gasteiger partial charge in [0.25, 0.3) is 0 Å². The summed E-state index contributed by atoms with van der Waals surface area (Å²) in [6, 6.07) is 17.0. The molecule has 0 bridgehead atoms. The van der Waals surface area contributed by atoms with Crippen LogP contribution in [-0.4, -0.2) is 33.0 Å². The van der Waals surface area contributed by atoms with Crippen molar-refractivity contribution in [1.29, 1.82) is 0 Å². The van der Waals surface area contributed by atoms with E-state index in [1.807, 2.05) is 37.3 Å². The molecule has 0 spiro atoms. The number of carbonyl (C=O) groups excluding carboxylic acids is 1. The Hall–Kier alpha value is -4.00. The predicted octanol–water partition coefficient (Wildman–Crippen LogP) is 7.10. The smallest absolute Gasteiger partial charge is 0.416 e.